The van der Waals surface area contributed by atoms with Gasteiger partial charge in [-0.25, -0.2) is 0 Å². The van der Waals surface area contributed by atoms with E-state index in [1.54, 1.807) is 7.11 Å². The molecule has 5 atom stereocenters. The molecule has 1 N–H and O–H groups in total. The maximum atomic E-state index is 12.8. The van der Waals surface area contributed by atoms with E-state index in [1.807, 2.05) is 29.2 Å². The van der Waals surface area contributed by atoms with Crippen molar-refractivity contribution in [3.63, 3.8) is 0 Å². The van der Waals surface area contributed by atoms with Gasteiger partial charge in [-0.1, -0.05) is 18.6 Å². The first-order valence-corrected chi connectivity index (χ1v) is 10.7. The fraction of sp³-hybridized carbons (Fsp3) is 0.652. The van der Waals surface area contributed by atoms with E-state index in [0.29, 0.717) is 25.4 Å². The van der Waals surface area contributed by atoms with Crippen LogP contribution in [0.5, 0.6) is 5.75 Å². The van der Waals surface area contributed by atoms with E-state index in [-0.39, 0.29) is 23.8 Å². The topological polar surface area (TPSA) is 58.6 Å². The fourth-order valence-electron chi connectivity index (χ4n) is 5.58. The Hall–Kier alpha value is -2.04. The lowest BCUT2D eigenvalue weighted by Crippen LogP contribution is -2.43. The zero-order valence-corrected chi connectivity index (χ0v) is 17.0. The van der Waals surface area contributed by atoms with Gasteiger partial charge in [-0.15, -0.1) is 0 Å². The van der Waals surface area contributed by atoms with Gasteiger partial charge in [0.15, 0.2) is 0 Å². The largest absolute Gasteiger partial charge is 0.497 e. The van der Waals surface area contributed by atoms with Crippen LogP contribution in [-0.2, 0) is 16.0 Å². The SMILES string of the molecule is COc1ccc(CCN2CC(C(=O)NC(C)C3CC4CCC3C4)CC2=O)cc1. The number of amides is 2. The predicted octanol–water partition coefficient (Wildman–Crippen LogP) is 3.03. The highest BCUT2D eigenvalue weighted by atomic mass is 16.5. The van der Waals surface area contributed by atoms with E-state index in [1.165, 1.54) is 31.2 Å². The van der Waals surface area contributed by atoms with Crippen LogP contribution in [0.15, 0.2) is 24.3 Å². The average Bonchev–Trinajstić information content (AvgIpc) is 3.42. The molecule has 1 heterocycles. The molecule has 1 aromatic rings. The summed E-state index contributed by atoms with van der Waals surface area (Å²) in [5, 5.41) is 3.24. The molecule has 2 bridgehead atoms. The molecular formula is C23H32N2O3. The van der Waals surface area contributed by atoms with Crippen molar-refractivity contribution >= 4 is 11.8 Å². The molecule has 1 aromatic carbocycles. The minimum atomic E-state index is -0.204. The minimum absolute atomic E-state index is 0.0653. The Morgan fingerprint density at radius 3 is 2.68 bits per heavy atom. The molecule has 1 aliphatic heterocycles. The third kappa shape index (κ3) is 4.03. The van der Waals surface area contributed by atoms with Gasteiger partial charge < -0.3 is 15.0 Å². The van der Waals surface area contributed by atoms with Gasteiger partial charge in [-0.3, -0.25) is 9.59 Å². The van der Waals surface area contributed by atoms with Crippen LogP contribution in [0.4, 0.5) is 0 Å². The monoisotopic (exact) mass is 384 g/mol. The molecule has 5 heteroatoms. The molecule has 0 radical (unpaired) electrons. The molecule has 1 saturated heterocycles. The lowest BCUT2D eigenvalue weighted by Gasteiger charge is -2.29. The quantitative estimate of drug-likeness (QED) is 0.786. The Labute approximate surface area is 167 Å². The van der Waals surface area contributed by atoms with Gasteiger partial charge in [0, 0.05) is 25.6 Å². The van der Waals surface area contributed by atoms with E-state index >= 15 is 0 Å². The summed E-state index contributed by atoms with van der Waals surface area (Å²) in [5.41, 5.74) is 1.17. The number of carbonyl (C=O) groups is 2. The number of hydrogen-bond donors (Lipinski definition) is 1. The molecule has 3 aliphatic rings. The van der Waals surface area contributed by atoms with Crippen LogP contribution in [0.2, 0.25) is 0 Å². The van der Waals surface area contributed by atoms with Gasteiger partial charge >= 0.3 is 0 Å². The number of ether oxygens (including phenoxy) is 1. The van der Waals surface area contributed by atoms with E-state index in [0.717, 1.165) is 24.0 Å². The smallest absolute Gasteiger partial charge is 0.225 e. The molecule has 3 fully saturated rings. The Morgan fingerprint density at radius 2 is 2.04 bits per heavy atom. The average molecular weight is 385 g/mol. The van der Waals surface area contributed by atoms with Crippen molar-refractivity contribution in [3.05, 3.63) is 29.8 Å². The third-order valence-corrected chi connectivity index (χ3v) is 7.22. The summed E-state index contributed by atoms with van der Waals surface area (Å²) in [7, 11) is 1.65. The summed E-state index contributed by atoms with van der Waals surface area (Å²) in [4.78, 5) is 27.0. The molecule has 152 valence electrons. The highest BCUT2D eigenvalue weighted by molar-refractivity contribution is 5.89. The van der Waals surface area contributed by atoms with E-state index in [2.05, 4.69) is 12.2 Å². The number of hydrogen-bond acceptors (Lipinski definition) is 3. The normalized spacial score (nSPS) is 29.9. The molecule has 5 nitrogen and oxygen atoms in total. The van der Waals surface area contributed by atoms with E-state index in [9.17, 15) is 9.59 Å². The van der Waals surface area contributed by atoms with Crippen molar-refractivity contribution in [1.82, 2.24) is 10.2 Å². The molecule has 28 heavy (non-hydrogen) atoms. The Kier molecular flexibility index (Phi) is 5.61. The second kappa shape index (κ2) is 8.14. The van der Waals surface area contributed by atoms with Crippen LogP contribution in [-0.4, -0.2) is 43.0 Å². The van der Waals surface area contributed by atoms with Gasteiger partial charge in [0.25, 0.3) is 0 Å². The van der Waals surface area contributed by atoms with E-state index in [4.69, 9.17) is 4.74 Å². The summed E-state index contributed by atoms with van der Waals surface area (Å²) in [6.45, 7) is 3.36. The first-order chi connectivity index (χ1) is 13.5. The van der Waals surface area contributed by atoms with Crippen molar-refractivity contribution < 1.29 is 14.3 Å². The summed E-state index contributed by atoms with van der Waals surface area (Å²) in [5.74, 6) is 3.11. The van der Waals surface area contributed by atoms with Crippen molar-refractivity contribution in [2.75, 3.05) is 20.2 Å². The summed E-state index contributed by atoms with van der Waals surface area (Å²) >= 11 is 0. The highest BCUT2D eigenvalue weighted by Crippen LogP contribution is 2.49. The third-order valence-electron chi connectivity index (χ3n) is 7.22. The number of fused-ring (bicyclic) bond motifs is 2. The van der Waals surface area contributed by atoms with Gasteiger partial charge in [-0.2, -0.15) is 0 Å². The molecule has 2 saturated carbocycles. The molecule has 2 amide bonds. The first-order valence-electron chi connectivity index (χ1n) is 10.7. The number of methoxy groups -OCH3 is 1. The zero-order valence-electron chi connectivity index (χ0n) is 17.0. The zero-order chi connectivity index (χ0) is 19.7. The van der Waals surface area contributed by atoms with E-state index < -0.39 is 0 Å². The van der Waals surface area contributed by atoms with Crippen LogP contribution >= 0.6 is 0 Å². The fourth-order valence-corrected chi connectivity index (χ4v) is 5.58. The second-order valence-electron chi connectivity index (χ2n) is 8.97. The lowest BCUT2D eigenvalue weighted by atomic mass is 9.84. The summed E-state index contributed by atoms with van der Waals surface area (Å²) in [6.07, 6.45) is 6.47. The van der Waals surface area contributed by atoms with Gasteiger partial charge in [0.1, 0.15) is 5.75 Å². The molecule has 4 rings (SSSR count). The van der Waals surface area contributed by atoms with Crippen molar-refractivity contribution in [2.45, 2.75) is 51.5 Å². The number of carbonyl (C=O) groups excluding carboxylic acids is 2. The highest BCUT2D eigenvalue weighted by Gasteiger charge is 2.43. The first kappa shape index (κ1) is 19.3. The number of nitrogens with one attached hydrogen (secondary N) is 1. The van der Waals surface area contributed by atoms with Crippen molar-refractivity contribution in [1.29, 1.82) is 0 Å². The number of likely N-dealkylation sites (tertiary alicyclic amines) is 1. The Morgan fingerprint density at radius 1 is 1.25 bits per heavy atom. The van der Waals surface area contributed by atoms with Crippen LogP contribution < -0.4 is 10.1 Å². The maximum Gasteiger partial charge on any atom is 0.225 e. The minimum Gasteiger partial charge on any atom is -0.497 e. The van der Waals surface area contributed by atoms with Crippen LogP contribution in [0.25, 0.3) is 0 Å². The van der Waals surface area contributed by atoms with Crippen LogP contribution in [0.1, 0.15) is 44.6 Å². The molecule has 2 aliphatic carbocycles. The molecule has 0 aromatic heterocycles. The second-order valence-corrected chi connectivity index (χ2v) is 8.97. The number of benzene rings is 1. The molecule has 5 unspecified atom stereocenters. The summed E-state index contributed by atoms with van der Waals surface area (Å²) in [6, 6.07) is 8.16. The summed E-state index contributed by atoms with van der Waals surface area (Å²) < 4.78 is 5.18. The van der Waals surface area contributed by atoms with Crippen LogP contribution in [0.3, 0.4) is 0 Å². The van der Waals surface area contributed by atoms with Crippen LogP contribution in [0, 0.1) is 23.7 Å². The van der Waals surface area contributed by atoms with Gasteiger partial charge in [0.2, 0.25) is 11.8 Å². The van der Waals surface area contributed by atoms with Gasteiger partial charge in [0.05, 0.1) is 13.0 Å². The maximum absolute atomic E-state index is 12.8. The number of rotatable bonds is 7. The molecular weight excluding hydrogens is 352 g/mol. The lowest BCUT2D eigenvalue weighted by molar-refractivity contribution is -0.129. The Balaban J connectivity index is 1.25. The Bertz CT molecular complexity index is 717. The standard InChI is InChI=1S/C23H32N2O3/c1-15(21-12-17-3-6-18(21)11-17)24-23(27)19-13-22(26)25(14-19)10-9-16-4-7-20(28-2)8-5-16/h4-5,7-8,15,17-19,21H,3,6,9-14H2,1-2H3,(H,24,27). The predicted molar refractivity (Wildman–Crippen MR) is 108 cm³/mol. The van der Waals surface area contributed by atoms with Crippen molar-refractivity contribution in [2.24, 2.45) is 23.7 Å². The molecule has 0 spiro atoms. The van der Waals surface area contributed by atoms with Crippen molar-refractivity contribution in [3.8, 4) is 5.75 Å². The van der Waals surface area contributed by atoms with Gasteiger partial charge in [-0.05, 0) is 68.1 Å². The number of nitrogens with zero attached hydrogens (tertiary/aromatic N) is 1.